The van der Waals surface area contributed by atoms with Crippen LogP contribution in [0, 0.1) is 5.82 Å². The van der Waals surface area contributed by atoms with Gasteiger partial charge in [-0.15, -0.1) is 0 Å². The average molecular weight is 383 g/mol. The predicted octanol–water partition coefficient (Wildman–Crippen LogP) is 4.68. The molecule has 0 fully saturated rings. The number of hydrogen-bond donors (Lipinski definition) is 1. The Morgan fingerprint density at radius 3 is 2.44 bits per heavy atom. The van der Waals surface area contributed by atoms with Crippen molar-refractivity contribution in [2.45, 2.75) is 31.5 Å². The van der Waals surface area contributed by atoms with Crippen molar-refractivity contribution >= 4 is 0 Å². The highest BCUT2D eigenvalue weighted by Gasteiger charge is 2.34. The molecule has 1 heterocycles. The van der Waals surface area contributed by atoms with Crippen LogP contribution in [0.4, 0.5) is 17.6 Å². The van der Waals surface area contributed by atoms with Crippen LogP contribution >= 0.6 is 0 Å². The molecule has 0 aromatic heterocycles. The van der Waals surface area contributed by atoms with Crippen molar-refractivity contribution in [2.24, 2.45) is 0 Å². The van der Waals surface area contributed by atoms with Crippen LogP contribution < -0.4 is 14.8 Å². The summed E-state index contributed by atoms with van der Waals surface area (Å²) in [6.07, 6.45) is -2.87. The summed E-state index contributed by atoms with van der Waals surface area (Å²) in [5, 5.41) is 3.40. The van der Waals surface area contributed by atoms with Crippen LogP contribution in [-0.4, -0.2) is 20.8 Å². The van der Waals surface area contributed by atoms with Crippen LogP contribution in [0.5, 0.6) is 11.5 Å². The lowest BCUT2D eigenvalue weighted by Gasteiger charge is -2.28. The third-order valence-corrected chi connectivity index (χ3v) is 4.86. The largest absolute Gasteiger partial charge is 0.493 e. The van der Waals surface area contributed by atoms with Gasteiger partial charge in [0.2, 0.25) is 0 Å². The number of halogens is 4. The van der Waals surface area contributed by atoms with Gasteiger partial charge in [-0.1, -0.05) is 6.07 Å². The maximum Gasteiger partial charge on any atom is 0.419 e. The molecule has 0 spiro atoms. The molecule has 0 radical (unpaired) electrons. The molecule has 2 aromatic rings. The van der Waals surface area contributed by atoms with Crippen LogP contribution in [0.15, 0.2) is 30.3 Å². The molecule has 27 heavy (non-hydrogen) atoms. The summed E-state index contributed by atoms with van der Waals surface area (Å²) in [7, 11) is 3.14. The molecule has 0 unspecified atom stereocenters. The number of nitrogens with one attached hydrogen (secondary N) is 1. The molecular weight excluding hydrogens is 362 g/mol. The Morgan fingerprint density at radius 2 is 1.78 bits per heavy atom. The SMILES string of the molecule is COc1cc2c(cc1OC)[C@H](CCc1ccc(F)c(C(F)(F)F)c1)NCC2. The molecule has 0 aliphatic carbocycles. The third-order valence-electron chi connectivity index (χ3n) is 4.86. The first-order valence-electron chi connectivity index (χ1n) is 8.67. The molecule has 0 amide bonds. The first-order valence-corrected chi connectivity index (χ1v) is 8.67. The summed E-state index contributed by atoms with van der Waals surface area (Å²) in [6, 6.07) is 7.02. The van der Waals surface area contributed by atoms with Gasteiger partial charge in [0.05, 0.1) is 19.8 Å². The quantitative estimate of drug-likeness (QED) is 0.761. The lowest BCUT2D eigenvalue weighted by Crippen LogP contribution is -2.30. The molecule has 1 N–H and O–H groups in total. The standard InChI is InChI=1S/C20H21F4NO2/c1-26-18-10-13-7-8-25-17(14(13)11-19(18)27-2)6-4-12-3-5-16(21)15(9-12)20(22,23)24/h3,5,9-11,17,25H,4,6-8H2,1-2H3/t17-/m0/s1. The highest BCUT2D eigenvalue weighted by molar-refractivity contribution is 5.49. The van der Waals surface area contributed by atoms with E-state index in [9.17, 15) is 17.6 Å². The molecule has 1 aliphatic rings. The highest BCUT2D eigenvalue weighted by atomic mass is 19.4. The van der Waals surface area contributed by atoms with Gasteiger partial charge in [0, 0.05) is 6.04 Å². The Kier molecular flexibility index (Phi) is 5.60. The Labute approximate surface area is 155 Å². The van der Waals surface area contributed by atoms with Crippen molar-refractivity contribution in [2.75, 3.05) is 20.8 Å². The Bertz CT molecular complexity index is 820. The summed E-state index contributed by atoms with van der Waals surface area (Å²) in [5.74, 6) is 0.0283. The minimum atomic E-state index is -4.69. The fraction of sp³-hybridized carbons (Fsp3) is 0.400. The number of benzene rings is 2. The molecule has 1 atom stereocenters. The molecule has 0 saturated heterocycles. The Morgan fingerprint density at radius 1 is 1.07 bits per heavy atom. The van der Waals surface area contributed by atoms with Crippen molar-refractivity contribution in [3.05, 3.63) is 58.4 Å². The number of rotatable bonds is 5. The smallest absolute Gasteiger partial charge is 0.419 e. The summed E-state index contributed by atoms with van der Waals surface area (Å²) < 4.78 is 62.8. The zero-order valence-electron chi connectivity index (χ0n) is 15.1. The van der Waals surface area contributed by atoms with Gasteiger partial charge in [-0.3, -0.25) is 0 Å². The minimum absolute atomic E-state index is 0.0204. The van der Waals surface area contributed by atoms with E-state index >= 15 is 0 Å². The highest BCUT2D eigenvalue weighted by Crippen LogP contribution is 2.37. The number of hydrogen-bond acceptors (Lipinski definition) is 3. The van der Waals surface area contributed by atoms with Crippen molar-refractivity contribution in [3.8, 4) is 11.5 Å². The van der Waals surface area contributed by atoms with E-state index in [0.717, 1.165) is 36.2 Å². The third kappa shape index (κ3) is 4.18. The molecule has 2 aromatic carbocycles. The molecule has 1 aliphatic heterocycles. The Hall–Kier alpha value is -2.28. The normalized spacial score (nSPS) is 16.7. The van der Waals surface area contributed by atoms with Gasteiger partial charge < -0.3 is 14.8 Å². The van der Waals surface area contributed by atoms with Gasteiger partial charge in [-0.25, -0.2) is 4.39 Å². The van der Waals surface area contributed by atoms with E-state index in [4.69, 9.17) is 9.47 Å². The van der Waals surface area contributed by atoms with Crippen molar-refractivity contribution in [3.63, 3.8) is 0 Å². The van der Waals surface area contributed by atoms with E-state index in [-0.39, 0.29) is 6.04 Å². The van der Waals surface area contributed by atoms with Crippen LogP contribution in [0.1, 0.15) is 34.7 Å². The number of aryl methyl sites for hydroxylation is 1. The van der Waals surface area contributed by atoms with E-state index in [1.165, 1.54) is 6.07 Å². The Balaban J connectivity index is 1.81. The van der Waals surface area contributed by atoms with E-state index in [0.29, 0.717) is 29.9 Å². The fourth-order valence-electron chi connectivity index (χ4n) is 3.48. The van der Waals surface area contributed by atoms with Gasteiger partial charge in [0.25, 0.3) is 0 Å². The number of methoxy groups -OCH3 is 2. The van der Waals surface area contributed by atoms with E-state index < -0.39 is 17.6 Å². The van der Waals surface area contributed by atoms with Crippen LogP contribution in [0.3, 0.4) is 0 Å². The van der Waals surface area contributed by atoms with Gasteiger partial charge in [0.15, 0.2) is 11.5 Å². The van der Waals surface area contributed by atoms with E-state index in [1.807, 2.05) is 12.1 Å². The van der Waals surface area contributed by atoms with Crippen LogP contribution in [-0.2, 0) is 19.0 Å². The van der Waals surface area contributed by atoms with Gasteiger partial charge in [-0.05, 0) is 66.8 Å². The zero-order valence-corrected chi connectivity index (χ0v) is 15.1. The van der Waals surface area contributed by atoms with Crippen molar-refractivity contribution in [1.82, 2.24) is 5.32 Å². The molecule has 0 bridgehead atoms. The molecule has 3 nitrogen and oxygen atoms in total. The summed E-state index contributed by atoms with van der Waals surface area (Å²) in [5.41, 5.74) is 1.42. The number of alkyl halides is 3. The van der Waals surface area contributed by atoms with Crippen molar-refractivity contribution in [1.29, 1.82) is 0 Å². The first-order chi connectivity index (χ1) is 12.8. The number of fused-ring (bicyclic) bond motifs is 1. The molecule has 3 rings (SSSR count). The molecule has 0 saturated carbocycles. The zero-order chi connectivity index (χ0) is 19.6. The second kappa shape index (κ2) is 7.76. The van der Waals surface area contributed by atoms with E-state index in [2.05, 4.69) is 5.32 Å². The van der Waals surface area contributed by atoms with Crippen LogP contribution in [0.25, 0.3) is 0 Å². The second-order valence-corrected chi connectivity index (χ2v) is 6.51. The first kappa shape index (κ1) is 19.5. The fourth-order valence-corrected chi connectivity index (χ4v) is 3.48. The lowest BCUT2D eigenvalue weighted by atomic mass is 9.90. The lowest BCUT2D eigenvalue weighted by molar-refractivity contribution is -0.140. The predicted molar refractivity (Wildman–Crippen MR) is 93.7 cm³/mol. The minimum Gasteiger partial charge on any atom is -0.493 e. The molecular formula is C20H21F4NO2. The van der Waals surface area contributed by atoms with Gasteiger partial charge >= 0.3 is 6.18 Å². The summed E-state index contributed by atoms with van der Waals surface area (Å²) >= 11 is 0. The number of ether oxygens (including phenoxy) is 2. The van der Waals surface area contributed by atoms with Gasteiger partial charge in [-0.2, -0.15) is 13.2 Å². The van der Waals surface area contributed by atoms with E-state index in [1.54, 1.807) is 14.2 Å². The average Bonchev–Trinajstić information content (AvgIpc) is 2.65. The van der Waals surface area contributed by atoms with Gasteiger partial charge in [0.1, 0.15) is 5.82 Å². The topological polar surface area (TPSA) is 30.5 Å². The second-order valence-electron chi connectivity index (χ2n) is 6.51. The van der Waals surface area contributed by atoms with Crippen molar-refractivity contribution < 1.29 is 27.0 Å². The van der Waals surface area contributed by atoms with Crippen LogP contribution in [0.2, 0.25) is 0 Å². The molecule has 7 heteroatoms. The maximum absolute atomic E-state index is 13.5. The summed E-state index contributed by atoms with van der Waals surface area (Å²) in [6.45, 7) is 0.768. The monoisotopic (exact) mass is 383 g/mol. The maximum atomic E-state index is 13.5. The summed E-state index contributed by atoms with van der Waals surface area (Å²) in [4.78, 5) is 0. The molecule has 146 valence electrons.